The summed E-state index contributed by atoms with van der Waals surface area (Å²) in [4.78, 5) is 10.7. The second-order valence-corrected chi connectivity index (χ2v) is 3.01. The quantitative estimate of drug-likeness (QED) is 0.700. The van der Waals surface area contributed by atoms with Crippen molar-refractivity contribution in [2.75, 3.05) is 12.8 Å². The third-order valence-electron chi connectivity index (χ3n) is 1.96. The molecule has 1 atom stereocenters. The molecule has 0 radical (unpaired) electrons. The highest BCUT2D eigenvalue weighted by molar-refractivity contribution is 5.72. The Kier molecular flexibility index (Phi) is 3.48. The number of ether oxygens (including phenoxy) is 1. The van der Waals surface area contributed by atoms with Crippen molar-refractivity contribution in [3.8, 4) is 0 Å². The monoisotopic (exact) mass is 195 g/mol. The first-order chi connectivity index (χ1) is 6.63. The summed E-state index contributed by atoms with van der Waals surface area (Å²) in [5.41, 5.74) is 7.06. The van der Waals surface area contributed by atoms with E-state index < -0.39 is 12.1 Å². The Labute approximate surface area is 82.3 Å². The minimum Gasteiger partial charge on any atom is -0.479 e. The minimum absolute atomic E-state index is 0.353. The number of anilines is 1. The van der Waals surface area contributed by atoms with Gasteiger partial charge in [0, 0.05) is 19.2 Å². The smallest absolute Gasteiger partial charge is 0.333 e. The van der Waals surface area contributed by atoms with Crippen LogP contribution in [-0.4, -0.2) is 24.3 Å². The van der Waals surface area contributed by atoms with Gasteiger partial charge in [-0.2, -0.15) is 0 Å². The topological polar surface area (TPSA) is 72.5 Å². The van der Waals surface area contributed by atoms with E-state index in [2.05, 4.69) is 0 Å². The number of hydrogen-bond donors (Lipinski definition) is 2. The van der Waals surface area contributed by atoms with E-state index in [1.165, 1.54) is 7.11 Å². The van der Waals surface area contributed by atoms with Gasteiger partial charge in [0.2, 0.25) is 0 Å². The molecule has 1 aromatic carbocycles. The van der Waals surface area contributed by atoms with Crippen LogP contribution in [0.15, 0.2) is 24.3 Å². The Hall–Kier alpha value is -1.55. The Bertz CT molecular complexity index is 308. The molecule has 1 aromatic rings. The number of carbonyl (C=O) groups is 1. The average molecular weight is 195 g/mol. The van der Waals surface area contributed by atoms with Crippen molar-refractivity contribution >= 4 is 11.7 Å². The maximum absolute atomic E-state index is 10.7. The molecule has 1 unspecified atom stereocenters. The summed E-state index contributed by atoms with van der Waals surface area (Å²) in [6.45, 7) is 0. The first kappa shape index (κ1) is 10.5. The number of nitrogen functional groups attached to an aromatic ring is 1. The van der Waals surface area contributed by atoms with Crippen LogP contribution in [0.5, 0.6) is 0 Å². The largest absolute Gasteiger partial charge is 0.479 e. The van der Waals surface area contributed by atoms with Crippen LogP contribution in [0.25, 0.3) is 0 Å². The van der Waals surface area contributed by atoms with E-state index in [1.54, 1.807) is 24.3 Å². The van der Waals surface area contributed by atoms with Gasteiger partial charge < -0.3 is 15.6 Å². The van der Waals surface area contributed by atoms with E-state index in [1.807, 2.05) is 0 Å². The minimum atomic E-state index is -0.954. The summed E-state index contributed by atoms with van der Waals surface area (Å²) in [7, 11) is 1.39. The summed E-state index contributed by atoms with van der Waals surface area (Å²) in [5.74, 6) is -0.954. The highest BCUT2D eigenvalue weighted by atomic mass is 16.5. The lowest BCUT2D eigenvalue weighted by Gasteiger charge is -2.09. The number of rotatable bonds is 4. The molecule has 0 aliphatic heterocycles. The van der Waals surface area contributed by atoms with Crippen LogP contribution in [0, 0.1) is 0 Å². The normalized spacial score (nSPS) is 12.4. The molecule has 0 aromatic heterocycles. The van der Waals surface area contributed by atoms with E-state index in [9.17, 15) is 4.79 Å². The Morgan fingerprint density at radius 3 is 2.50 bits per heavy atom. The lowest BCUT2D eigenvalue weighted by atomic mass is 10.1. The fourth-order valence-corrected chi connectivity index (χ4v) is 1.14. The van der Waals surface area contributed by atoms with Gasteiger partial charge in [0.15, 0.2) is 6.10 Å². The molecule has 3 N–H and O–H groups in total. The molecule has 0 amide bonds. The van der Waals surface area contributed by atoms with Crippen molar-refractivity contribution in [2.24, 2.45) is 0 Å². The predicted molar refractivity (Wildman–Crippen MR) is 53.0 cm³/mol. The maximum atomic E-state index is 10.7. The zero-order valence-corrected chi connectivity index (χ0v) is 7.93. The van der Waals surface area contributed by atoms with Crippen LogP contribution in [0.1, 0.15) is 5.56 Å². The summed E-state index contributed by atoms with van der Waals surface area (Å²) in [6.07, 6.45) is -0.440. The molecule has 0 aliphatic rings. The number of methoxy groups -OCH3 is 1. The molecule has 0 saturated heterocycles. The number of nitrogens with two attached hydrogens (primary N) is 1. The molecule has 76 valence electrons. The molecule has 14 heavy (non-hydrogen) atoms. The number of carboxylic acid groups (broad SMARTS) is 1. The van der Waals surface area contributed by atoms with E-state index >= 15 is 0 Å². The average Bonchev–Trinajstić information content (AvgIpc) is 2.16. The third kappa shape index (κ3) is 2.74. The summed E-state index contributed by atoms with van der Waals surface area (Å²) in [6, 6.07) is 7.07. The van der Waals surface area contributed by atoms with Crippen LogP contribution >= 0.6 is 0 Å². The van der Waals surface area contributed by atoms with Gasteiger partial charge in [-0.15, -0.1) is 0 Å². The van der Waals surface area contributed by atoms with Crippen LogP contribution in [0.4, 0.5) is 5.69 Å². The summed E-state index contributed by atoms with van der Waals surface area (Å²) >= 11 is 0. The molecule has 0 aliphatic carbocycles. The van der Waals surface area contributed by atoms with Crippen LogP contribution in [-0.2, 0) is 16.0 Å². The Balaban J connectivity index is 2.67. The van der Waals surface area contributed by atoms with Crippen molar-refractivity contribution in [1.29, 1.82) is 0 Å². The Morgan fingerprint density at radius 2 is 2.07 bits per heavy atom. The van der Waals surface area contributed by atoms with Gasteiger partial charge in [-0.3, -0.25) is 0 Å². The lowest BCUT2D eigenvalue weighted by Crippen LogP contribution is -2.24. The highest BCUT2D eigenvalue weighted by Gasteiger charge is 2.16. The van der Waals surface area contributed by atoms with Gasteiger partial charge in [-0.25, -0.2) is 4.79 Å². The molecule has 0 spiro atoms. The van der Waals surface area contributed by atoms with E-state index in [-0.39, 0.29) is 0 Å². The third-order valence-corrected chi connectivity index (χ3v) is 1.96. The van der Waals surface area contributed by atoms with E-state index in [0.29, 0.717) is 12.1 Å². The van der Waals surface area contributed by atoms with E-state index in [4.69, 9.17) is 15.6 Å². The SMILES string of the molecule is COC(Cc1ccc(N)cc1)C(=O)O. The van der Waals surface area contributed by atoms with Gasteiger partial charge in [0.1, 0.15) is 0 Å². The van der Waals surface area contributed by atoms with Gasteiger partial charge in [0.05, 0.1) is 0 Å². The van der Waals surface area contributed by atoms with Crippen molar-refractivity contribution in [3.05, 3.63) is 29.8 Å². The Morgan fingerprint density at radius 1 is 1.50 bits per heavy atom. The van der Waals surface area contributed by atoms with E-state index in [0.717, 1.165) is 5.56 Å². The first-order valence-electron chi connectivity index (χ1n) is 4.23. The molecule has 4 heteroatoms. The van der Waals surface area contributed by atoms with Gasteiger partial charge >= 0.3 is 5.97 Å². The fourth-order valence-electron chi connectivity index (χ4n) is 1.14. The van der Waals surface area contributed by atoms with Crippen LogP contribution in [0.3, 0.4) is 0 Å². The second-order valence-electron chi connectivity index (χ2n) is 3.01. The van der Waals surface area contributed by atoms with Crippen LogP contribution in [0.2, 0.25) is 0 Å². The van der Waals surface area contributed by atoms with Crippen molar-refractivity contribution in [2.45, 2.75) is 12.5 Å². The van der Waals surface area contributed by atoms with Crippen LogP contribution < -0.4 is 5.73 Å². The zero-order chi connectivity index (χ0) is 10.6. The number of benzene rings is 1. The fraction of sp³-hybridized carbons (Fsp3) is 0.300. The maximum Gasteiger partial charge on any atom is 0.333 e. The number of carboxylic acids is 1. The molecule has 0 bridgehead atoms. The molecule has 1 rings (SSSR count). The van der Waals surface area contributed by atoms with Crippen molar-refractivity contribution in [3.63, 3.8) is 0 Å². The predicted octanol–water partition coefficient (Wildman–Crippen LogP) is 0.911. The highest BCUT2D eigenvalue weighted by Crippen LogP contribution is 2.09. The molecular weight excluding hydrogens is 182 g/mol. The second kappa shape index (κ2) is 4.62. The molecule has 4 nitrogen and oxygen atoms in total. The molecule has 0 fully saturated rings. The molecular formula is C10H13NO3. The molecule has 0 saturated carbocycles. The summed E-state index contributed by atoms with van der Waals surface area (Å²) < 4.78 is 4.82. The van der Waals surface area contributed by atoms with Gasteiger partial charge in [0.25, 0.3) is 0 Å². The number of hydrogen-bond acceptors (Lipinski definition) is 3. The van der Waals surface area contributed by atoms with Gasteiger partial charge in [-0.05, 0) is 17.7 Å². The first-order valence-corrected chi connectivity index (χ1v) is 4.23. The molecule has 0 heterocycles. The van der Waals surface area contributed by atoms with Gasteiger partial charge in [-0.1, -0.05) is 12.1 Å². The summed E-state index contributed by atoms with van der Waals surface area (Å²) in [5, 5.41) is 8.74. The standard InChI is InChI=1S/C10H13NO3/c1-14-9(10(12)13)6-7-2-4-8(11)5-3-7/h2-5,9H,6,11H2,1H3,(H,12,13). The number of aliphatic carboxylic acids is 1. The van der Waals surface area contributed by atoms with Crippen molar-refractivity contribution < 1.29 is 14.6 Å². The zero-order valence-electron chi connectivity index (χ0n) is 7.93. The lowest BCUT2D eigenvalue weighted by molar-refractivity contribution is -0.148. The van der Waals surface area contributed by atoms with Crippen molar-refractivity contribution in [1.82, 2.24) is 0 Å².